The fraction of sp³-hybridized carbons (Fsp3) is 0.500. The van der Waals surface area contributed by atoms with Gasteiger partial charge in [0.25, 0.3) is 0 Å². The van der Waals surface area contributed by atoms with Crippen molar-refractivity contribution in [2.24, 2.45) is 0 Å². The minimum Gasteiger partial charge on any atom is -0.477 e. The van der Waals surface area contributed by atoms with Gasteiger partial charge >= 0.3 is 5.97 Å². The highest BCUT2D eigenvalue weighted by Crippen LogP contribution is 2.31. The number of thiophene rings is 1. The van der Waals surface area contributed by atoms with Crippen molar-refractivity contribution in [2.45, 2.75) is 18.2 Å². The predicted molar refractivity (Wildman–Crippen MR) is 75.3 cm³/mol. The molecule has 0 amide bonds. The first-order valence-electron chi connectivity index (χ1n) is 5.48. The zero-order valence-corrected chi connectivity index (χ0v) is 13.4. The van der Waals surface area contributed by atoms with Crippen LogP contribution in [0.25, 0.3) is 0 Å². The van der Waals surface area contributed by atoms with Crippen LogP contribution in [0, 0.1) is 0 Å². The second-order valence-electron chi connectivity index (χ2n) is 3.50. The Labute approximate surface area is 124 Å². The summed E-state index contributed by atoms with van der Waals surface area (Å²) in [6.45, 7) is 3.17. The van der Waals surface area contributed by atoms with Crippen LogP contribution >= 0.6 is 27.3 Å². The third-order valence-corrected chi connectivity index (χ3v) is 5.82. The first-order valence-corrected chi connectivity index (χ1v) is 8.57. The average Bonchev–Trinajstić information content (AvgIpc) is 2.72. The molecule has 9 heteroatoms. The number of aromatic carboxylic acids is 1. The standard InChI is InChI=1S/C10H14BrNO5S2/c1-2-17-5-3-4-12-19(15,16)8-6-7(10(13)14)18-9(8)11/h6,12H,2-5H2,1H3,(H,13,14). The van der Waals surface area contributed by atoms with E-state index in [4.69, 9.17) is 9.84 Å². The van der Waals surface area contributed by atoms with E-state index in [1.807, 2.05) is 6.92 Å². The summed E-state index contributed by atoms with van der Waals surface area (Å²) in [4.78, 5) is 10.7. The van der Waals surface area contributed by atoms with Crippen molar-refractivity contribution < 1.29 is 23.1 Å². The zero-order chi connectivity index (χ0) is 14.5. The molecule has 0 saturated heterocycles. The molecule has 1 heterocycles. The Bertz CT molecular complexity index is 540. The number of ether oxygens (including phenoxy) is 1. The van der Waals surface area contributed by atoms with E-state index in [0.29, 0.717) is 19.6 Å². The van der Waals surface area contributed by atoms with Gasteiger partial charge in [-0.3, -0.25) is 0 Å². The maximum absolute atomic E-state index is 12.0. The third kappa shape index (κ3) is 4.84. The summed E-state index contributed by atoms with van der Waals surface area (Å²) in [5, 5.41) is 8.82. The van der Waals surface area contributed by atoms with E-state index >= 15 is 0 Å². The van der Waals surface area contributed by atoms with Crippen LogP contribution in [0.1, 0.15) is 23.0 Å². The van der Waals surface area contributed by atoms with E-state index in [2.05, 4.69) is 20.7 Å². The molecule has 6 nitrogen and oxygen atoms in total. The molecule has 1 aromatic heterocycles. The molecule has 0 aliphatic carbocycles. The SMILES string of the molecule is CCOCCCNS(=O)(=O)c1cc(C(=O)O)sc1Br. The topological polar surface area (TPSA) is 92.7 Å². The summed E-state index contributed by atoms with van der Waals surface area (Å²) < 4.78 is 31.7. The normalized spacial score (nSPS) is 11.7. The zero-order valence-electron chi connectivity index (χ0n) is 10.2. The molecule has 0 radical (unpaired) electrons. The molecule has 0 atom stereocenters. The smallest absolute Gasteiger partial charge is 0.345 e. The van der Waals surface area contributed by atoms with Crippen LogP contribution in [-0.2, 0) is 14.8 Å². The lowest BCUT2D eigenvalue weighted by atomic mass is 10.5. The fourth-order valence-electron chi connectivity index (χ4n) is 1.24. The second kappa shape index (κ2) is 7.34. The molecule has 19 heavy (non-hydrogen) atoms. The van der Waals surface area contributed by atoms with Gasteiger partial charge in [-0.25, -0.2) is 17.9 Å². The molecule has 1 rings (SSSR count). The lowest BCUT2D eigenvalue weighted by molar-refractivity contribution is 0.0702. The average molecular weight is 372 g/mol. The number of carboxylic acids is 1. The number of halogens is 1. The Balaban J connectivity index is 2.69. The van der Waals surface area contributed by atoms with Crippen molar-refractivity contribution in [1.29, 1.82) is 0 Å². The van der Waals surface area contributed by atoms with Gasteiger partial charge in [0.2, 0.25) is 10.0 Å². The van der Waals surface area contributed by atoms with Crippen LogP contribution in [0.15, 0.2) is 14.7 Å². The monoisotopic (exact) mass is 371 g/mol. The number of hydrogen-bond acceptors (Lipinski definition) is 5. The number of carbonyl (C=O) groups is 1. The van der Waals surface area contributed by atoms with Crippen LogP contribution < -0.4 is 4.72 Å². The molecular weight excluding hydrogens is 358 g/mol. The molecule has 0 saturated carbocycles. The van der Waals surface area contributed by atoms with Gasteiger partial charge in [0, 0.05) is 19.8 Å². The maximum Gasteiger partial charge on any atom is 0.345 e. The molecule has 0 aromatic carbocycles. The van der Waals surface area contributed by atoms with Crippen LogP contribution in [0.2, 0.25) is 0 Å². The van der Waals surface area contributed by atoms with Crippen molar-refractivity contribution in [1.82, 2.24) is 4.72 Å². The molecule has 0 spiro atoms. The van der Waals surface area contributed by atoms with Gasteiger partial charge in [-0.15, -0.1) is 11.3 Å². The number of rotatable bonds is 8. The van der Waals surface area contributed by atoms with Crippen LogP contribution in [0.5, 0.6) is 0 Å². The highest BCUT2D eigenvalue weighted by molar-refractivity contribution is 9.11. The minimum absolute atomic E-state index is 0.0263. The number of nitrogens with one attached hydrogen (secondary N) is 1. The van der Waals surface area contributed by atoms with Crippen molar-refractivity contribution >= 4 is 43.3 Å². The molecule has 0 fully saturated rings. The van der Waals surface area contributed by atoms with Crippen molar-refractivity contribution in [3.8, 4) is 0 Å². The van der Waals surface area contributed by atoms with Crippen LogP contribution in [0.4, 0.5) is 0 Å². The van der Waals surface area contributed by atoms with Crippen molar-refractivity contribution in [3.63, 3.8) is 0 Å². The first kappa shape index (κ1) is 16.6. The number of hydrogen-bond donors (Lipinski definition) is 2. The van der Waals surface area contributed by atoms with E-state index in [9.17, 15) is 13.2 Å². The molecule has 108 valence electrons. The van der Waals surface area contributed by atoms with Gasteiger partial charge in [-0.2, -0.15) is 0 Å². The molecule has 0 unspecified atom stereocenters. The van der Waals surface area contributed by atoms with Crippen molar-refractivity contribution in [2.75, 3.05) is 19.8 Å². The largest absolute Gasteiger partial charge is 0.477 e. The second-order valence-corrected chi connectivity index (χ2v) is 7.61. The first-order chi connectivity index (χ1) is 8.88. The van der Waals surface area contributed by atoms with Crippen LogP contribution in [0.3, 0.4) is 0 Å². The highest BCUT2D eigenvalue weighted by atomic mass is 79.9. The summed E-state index contributed by atoms with van der Waals surface area (Å²) in [6, 6.07) is 1.14. The van der Waals surface area contributed by atoms with Gasteiger partial charge in [-0.1, -0.05) is 0 Å². The summed E-state index contributed by atoms with van der Waals surface area (Å²) in [5.74, 6) is -1.15. The maximum atomic E-state index is 12.0. The summed E-state index contributed by atoms with van der Waals surface area (Å²) in [7, 11) is -3.70. The minimum atomic E-state index is -3.70. The Kier molecular flexibility index (Phi) is 6.40. The third-order valence-electron chi connectivity index (χ3n) is 2.12. The summed E-state index contributed by atoms with van der Waals surface area (Å²) >= 11 is 3.94. The molecule has 0 aliphatic heterocycles. The number of sulfonamides is 1. The van der Waals surface area contributed by atoms with Gasteiger partial charge in [0.15, 0.2) is 0 Å². The van der Waals surface area contributed by atoms with E-state index < -0.39 is 16.0 Å². The summed E-state index contributed by atoms with van der Waals surface area (Å²) in [6.07, 6.45) is 0.556. The van der Waals surface area contributed by atoms with E-state index in [1.54, 1.807) is 0 Å². The highest BCUT2D eigenvalue weighted by Gasteiger charge is 2.22. The lowest BCUT2D eigenvalue weighted by Gasteiger charge is -2.05. The van der Waals surface area contributed by atoms with Crippen LogP contribution in [-0.4, -0.2) is 39.3 Å². The number of carboxylic acid groups (broad SMARTS) is 1. The fourth-order valence-corrected chi connectivity index (χ4v) is 4.72. The Hall–Kier alpha value is -0.480. The summed E-state index contributed by atoms with van der Waals surface area (Å²) in [5.41, 5.74) is 0. The van der Waals surface area contributed by atoms with Gasteiger partial charge < -0.3 is 9.84 Å². The molecule has 0 aliphatic rings. The Morgan fingerprint density at radius 2 is 2.26 bits per heavy atom. The quantitative estimate of drug-likeness (QED) is 0.680. The van der Waals surface area contributed by atoms with Crippen molar-refractivity contribution in [3.05, 3.63) is 14.7 Å². The predicted octanol–water partition coefficient (Wildman–Crippen LogP) is 1.91. The van der Waals surface area contributed by atoms with E-state index in [-0.39, 0.29) is 20.1 Å². The van der Waals surface area contributed by atoms with E-state index in [0.717, 1.165) is 17.4 Å². The molecular formula is C10H14BrNO5S2. The Morgan fingerprint density at radius 1 is 1.58 bits per heavy atom. The van der Waals surface area contributed by atoms with E-state index in [1.165, 1.54) is 0 Å². The lowest BCUT2D eigenvalue weighted by Crippen LogP contribution is -2.25. The molecule has 1 aromatic rings. The Morgan fingerprint density at radius 3 is 2.79 bits per heavy atom. The van der Waals surface area contributed by atoms with Gasteiger partial charge in [-0.05, 0) is 35.3 Å². The van der Waals surface area contributed by atoms with Gasteiger partial charge in [0.1, 0.15) is 9.77 Å². The van der Waals surface area contributed by atoms with Gasteiger partial charge in [0.05, 0.1) is 3.79 Å². The molecule has 2 N–H and O–H groups in total. The molecule has 0 bridgehead atoms.